The molecule has 0 aliphatic rings. The van der Waals surface area contributed by atoms with Crippen LogP contribution in [0.2, 0.25) is 0 Å². The number of ether oxygens (including phenoxy) is 1. The van der Waals surface area contributed by atoms with E-state index in [0.29, 0.717) is 5.69 Å². The number of rotatable bonds is 2. The lowest BCUT2D eigenvalue weighted by Crippen LogP contribution is -1.89. The van der Waals surface area contributed by atoms with Gasteiger partial charge in [-0.05, 0) is 36.8 Å². The van der Waals surface area contributed by atoms with Crippen LogP contribution in [0.25, 0.3) is 0 Å². The summed E-state index contributed by atoms with van der Waals surface area (Å²) in [5.74, 6) is 1.58. The molecule has 0 fully saturated rings. The van der Waals surface area contributed by atoms with Gasteiger partial charge < -0.3 is 10.5 Å². The van der Waals surface area contributed by atoms with Gasteiger partial charge in [-0.2, -0.15) is 0 Å². The van der Waals surface area contributed by atoms with Gasteiger partial charge in [-0.25, -0.2) is 0 Å². The molecule has 0 spiro atoms. The largest absolute Gasteiger partial charge is 0.457 e. The molecule has 0 aromatic heterocycles. The van der Waals surface area contributed by atoms with E-state index in [9.17, 15) is 0 Å². The minimum absolute atomic E-state index is 0.699. The SMILES string of the molecule is Cc1ccc(Br)cc1Oc1cccc(N)c1. The average molecular weight is 278 g/mol. The van der Waals surface area contributed by atoms with Crippen LogP contribution in [-0.2, 0) is 0 Å². The summed E-state index contributed by atoms with van der Waals surface area (Å²) in [5, 5.41) is 0. The van der Waals surface area contributed by atoms with Crippen LogP contribution < -0.4 is 10.5 Å². The van der Waals surface area contributed by atoms with Gasteiger partial charge in [0.2, 0.25) is 0 Å². The highest BCUT2D eigenvalue weighted by molar-refractivity contribution is 9.10. The highest BCUT2D eigenvalue weighted by Crippen LogP contribution is 2.28. The lowest BCUT2D eigenvalue weighted by atomic mass is 10.2. The molecule has 0 saturated heterocycles. The molecule has 0 aliphatic heterocycles. The number of hydrogen-bond donors (Lipinski definition) is 1. The number of nitrogen functional groups attached to an aromatic ring is 1. The fourth-order valence-corrected chi connectivity index (χ4v) is 1.73. The molecule has 2 aromatic carbocycles. The Morgan fingerprint density at radius 2 is 1.94 bits per heavy atom. The van der Waals surface area contributed by atoms with Crippen LogP contribution in [0.15, 0.2) is 46.9 Å². The smallest absolute Gasteiger partial charge is 0.131 e. The molecule has 2 aromatic rings. The van der Waals surface area contributed by atoms with Gasteiger partial charge in [0, 0.05) is 16.2 Å². The monoisotopic (exact) mass is 277 g/mol. The number of hydrogen-bond acceptors (Lipinski definition) is 2. The van der Waals surface area contributed by atoms with E-state index in [2.05, 4.69) is 15.9 Å². The zero-order valence-corrected chi connectivity index (χ0v) is 10.5. The third kappa shape index (κ3) is 2.55. The second-order valence-electron chi connectivity index (χ2n) is 3.58. The summed E-state index contributed by atoms with van der Waals surface area (Å²) >= 11 is 3.42. The standard InChI is InChI=1S/C13H12BrNO/c1-9-5-6-10(14)7-13(9)16-12-4-2-3-11(15)8-12/h2-8H,15H2,1H3. The van der Waals surface area contributed by atoms with Crippen molar-refractivity contribution in [2.45, 2.75) is 6.92 Å². The van der Waals surface area contributed by atoms with Crippen molar-refractivity contribution in [1.82, 2.24) is 0 Å². The Morgan fingerprint density at radius 1 is 1.12 bits per heavy atom. The number of halogens is 1. The fourth-order valence-electron chi connectivity index (χ4n) is 1.39. The van der Waals surface area contributed by atoms with Crippen molar-refractivity contribution in [3.63, 3.8) is 0 Å². The molecule has 0 unspecified atom stereocenters. The molecule has 2 rings (SSSR count). The van der Waals surface area contributed by atoms with Crippen LogP contribution in [-0.4, -0.2) is 0 Å². The number of anilines is 1. The molecular weight excluding hydrogens is 266 g/mol. The van der Waals surface area contributed by atoms with Crippen LogP contribution in [0.5, 0.6) is 11.5 Å². The van der Waals surface area contributed by atoms with E-state index in [1.54, 1.807) is 6.07 Å². The Labute approximate surface area is 103 Å². The molecule has 0 heterocycles. The molecule has 0 atom stereocenters. The number of benzene rings is 2. The topological polar surface area (TPSA) is 35.2 Å². The van der Waals surface area contributed by atoms with Crippen molar-refractivity contribution in [1.29, 1.82) is 0 Å². The van der Waals surface area contributed by atoms with E-state index >= 15 is 0 Å². The lowest BCUT2D eigenvalue weighted by molar-refractivity contribution is 0.479. The van der Waals surface area contributed by atoms with Crippen LogP contribution in [0.1, 0.15) is 5.56 Å². The molecule has 0 saturated carbocycles. The first-order valence-corrected chi connectivity index (χ1v) is 5.74. The zero-order chi connectivity index (χ0) is 11.5. The summed E-state index contributed by atoms with van der Waals surface area (Å²) in [5.41, 5.74) is 7.48. The Balaban J connectivity index is 2.30. The summed E-state index contributed by atoms with van der Waals surface area (Å²) in [7, 11) is 0. The van der Waals surface area contributed by atoms with Gasteiger partial charge in [-0.1, -0.05) is 28.1 Å². The van der Waals surface area contributed by atoms with Crippen LogP contribution in [0.3, 0.4) is 0 Å². The lowest BCUT2D eigenvalue weighted by Gasteiger charge is -2.09. The molecule has 82 valence electrons. The maximum atomic E-state index is 5.76. The second kappa shape index (κ2) is 4.58. The van der Waals surface area contributed by atoms with Crippen molar-refractivity contribution < 1.29 is 4.74 Å². The first kappa shape index (κ1) is 11.0. The van der Waals surface area contributed by atoms with Crippen LogP contribution >= 0.6 is 15.9 Å². The normalized spacial score (nSPS) is 10.1. The van der Waals surface area contributed by atoms with Gasteiger partial charge in [-0.3, -0.25) is 0 Å². The van der Waals surface area contributed by atoms with E-state index in [1.807, 2.05) is 43.3 Å². The Hall–Kier alpha value is -1.48. The minimum Gasteiger partial charge on any atom is -0.457 e. The highest BCUT2D eigenvalue weighted by Gasteiger charge is 2.02. The molecule has 2 N–H and O–H groups in total. The predicted molar refractivity (Wildman–Crippen MR) is 69.8 cm³/mol. The maximum Gasteiger partial charge on any atom is 0.131 e. The van der Waals surface area contributed by atoms with E-state index in [-0.39, 0.29) is 0 Å². The van der Waals surface area contributed by atoms with Crippen LogP contribution in [0.4, 0.5) is 5.69 Å². The Kier molecular flexibility index (Phi) is 3.15. The van der Waals surface area contributed by atoms with Gasteiger partial charge in [0.05, 0.1) is 0 Å². The minimum atomic E-state index is 0.699. The predicted octanol–water partition coefficient (Wildman–Crippen LogP) is 4.13. The molecule has 2 nitrogen and oxygen atoms in total. The summed E-state index contributed by atoms with van der Waals surface area (Å²) in [6.07, 6.45) is 0. The zero-order valence-electron chi connectivity index (χ0n) is 8.91. The molecule has 3 heteroatoms. The first-order chi connectivity index (χ1) is 7.65. The second-order valence-corrected chi connectivity index (χ2v) is 4.50. The van der Waals surface area contributed by atoms with Crippen molar-refractivity contribution in [3.8, 4) is 11.5 Å². The first-order valence-electron chi connectivity index (χ1n) is 4.95. The van der Waals surface area contributed by atoms with Crippen molar-refractivity contribution in [2.75, 3.05) is 5.73 Å². The molecule has 0 bridgehead atoms. The third-order valence-electron chi connectivity index (χ3n) is 2.24. The highest BCUT2D eigenvalue weighted by atomic mass is 79.9. The van der Waals surface area contributed by atoms with Gasteiger partial charge >= 0.3 is 0 Å². The number of aryl methyl sites for hydroxylation is 1. The quantitative estimate of drug-likeness (QED) is 0.838. The van der Waals surface area contributed by atoms with Crippen molar-refractivity contribution in [3.05, 3.63) is 52.5 Å². The molecule has 0 aliphatic carbocycles. The van der Waals surface area contributed by atoms with Gasteiger partial charge in [0.1, 0.15) is 11.5 Å². The molecular formula is C13H12BrNO. The Bertz CT molecular complexity index is 511. The third-order valence-corrected chi connectivity index (χ3v) is 2.73. The van der Waals surface area contributed by atoms with E-state index in [0.717, 1.165) is 21.5 Å². The summed E-state index contributed by atoms with van der Waals surface area (Å²) < 4.78 is 6.76. The number of nitrogens with two attached hydrogens (primary N) is 1. The van der Waals surface area contributed by atoms with Gasteiger partial charge in [-0.15, -0.1) is 0 Å². The summed E-state index contributed by atoms with van der Waals surface area (Å²) in [6, 6.07) is 13.3. The van der Waals surface area contributed by atoms with Crippen molar-refractivity contribution >= 4 is 21.6 Å². The Morgan fingerprint density at radius 3 is 2.69 bits per heavy atom. The fraction of sp³-hybridized carbons (Fsp3) is 0.0769. The van der Waals surface area contributed by atoms with Gasteiger partial charge in [0.15, 0.2) is 0 Å². The van der Waals surface area contributed by atoms with Crippen molar-refractivity contribution in [2.24, 2.45) is 0 Å². The molecule has 0 radical (unpaired) electrons. The molecule has 0 amide bonds. The average Bonchev–Trinajstić information content (AvgIpc) is 2.24. The summed E-state index contributed by atoms with van der Waals surface area (Å²) in [4.78, 5) is 0. The van der Waals surface area contributed by atoms with Gasteiger partial charge in [0.25, 0.3) is 0 Å². The maximum absolute atomic E-state index is 5.76. The van der Waals surface area contributed by atoms with Crippen LogP contribution in [0, 0.1) is 6.92 Å². The van der Waals surface area contributed by atoms with E-state index in [4.69, 9.17) is 10.5 Å². The molecule has 16 heavy (non-hydrogen) atoms. The van der Waals surface area contributed by atoms with E-state index < -0.39 is 0 Å². The summed E-state index contributed by atoms with van der Waals surface area (Å²) in [6.45, 7) is 2.01. The van der Waals surface area contributed by atoms with E-state index in [1.165, 1.54) is 0 Å².